The molecule has 0 saturated carbocycles. The number of ether oxygens (including phenoxy) is 1. The van der Waals surface area contributed by atoms with Crippen molar-refractivity contribution in [2.24, 2.45) is 5.73 Å². The van der Waals surface area contributed by atoms with Gasteiger partial charge >= 0.3 is 0 Å². The second-order valence-electron chi connectivity index (χ2n) is 4.37. The van der Waals surface area contributed by atoms with Crippen molar-refractivity contribution in [1.82, 2.24) is 9.80 Å². The van der Waals surface area contributed by atoms with Gasteiger partial charge in [-0.05, 0) is 13.8 Å². The zero-order valence-corrected chi connectivity index (χ0v) is 10.3. The molecule has 5 heteroatoms. The predicted octanol–water partition coefficient (Wildman–Crippen LogP) is -0.486. The first-order chi connectivity index (χ1) is 7.63. The van der Waals surface area contributed by atoms with Gasteiger partial charge in [0.05, 0.1) is 6.10 Å². The van der Waals surface area contributed by atoms with E-state index in [1.807, 2.05) is 18.7 Å². The number of carbonyl (C=O) groups excluding carboxylic acids is 1. The highest BCUT2D eigenvalue weighted by molar-refractivity contribution is 5.77. The summed E-state index contributed by atoms with van der Waals surface area (Å²) in [6.45, 7) is 9.11. The highest BCUT2D eigenvalue weighted by atomic mass is 16.5. The van der Waals surface area contributed by atoms with Crippen LogP contribution in [0, 0.1) is 0 Å². The van der Waals surface area contributed by atoms with Gasteiger partial charge in [-0.2, -0.15) is 0 Å². The molecule has 1 heterocycles. The van der Waals surface area contributed by atoms with Crippen LogP contribution in [0.4, 0.5) is 0 Å². The second-order valence-corrected chi connectivity index (χ2v) is 4.37. The van der Waals surface area contributed by atoms with Crippen LogP contribution in [0.5, 0.6) is 0 Å². The molecule has 1 fully saturated rings. The van der Waals surface area contributed by atoms with Crippen LogP contribution in [0.2, 0.25) is 0 Å². The van der Waals surface area contributed by atoms with Crippen molar-refractivity contribution in [3.8, 4) is 0 Å². The molecular formula is C11H23N3O2. The van der Waals surface area contributed by atoms with Crippen molar-refractivity contribution < 1.29 is 9.53 Å². The lowest BCUT2D eigenvalue weighted by Crippen LogP contribution is -2.50. The van der Waals surface area contributed by atoms with Crippen LogP contribution in [0.1, 0.15) is 13.8 Å². The van der Waals surface area contributed by atoms with Crippen LogP contribution in [-0.2, 0) is 9.53 Å². The molecule has 0 aromatic rings. The lowest BCUT2D eigenvalue weighted by Gasteiger charge is -2.34. The molecule has 1 aliphatic heterocycles. The third-order valence-electron chi connectivity index (χ3n) is 2.71. The smallest absolute Gasteiger partial charge is 0.248 e. The van der Waals surface area contributed by atoms with E-state index in [9.17, 15) is 4.79 Å². The van der Waals surface area contributed by atoms with Gasteiger partial charge in [-0.15, -0.1) is 0 Å². The fourth-order valence-electron chi connectivity index (χ4n) is 1.73. The van der Waals surface area contributed by atoms with Crippen LogP contribution in [0.25, 0.3) is 0 Å². The van der Waals surface area contributed by atoms with Crippen LogP contribution < -0.4 is 5.73 Å². The molecule has 0 aromatic carbocycles. The van der Waals surface area contributed by atoms with Gasteiger partial charge in [0, 0.05) is 39.3 Å². The van der Waals surface area contributed by atoms with Crippen molar-refractivity contribution >= 4 is 5.91 Å². The van der Waals surface area contributed by atoms with Gasteiger partial charge in [0.25, 0.3) is 0 Å². The third kappa shape index (κ3) is 4.47. The number of piperazine rings is 1. The maximum atomic E-state index is 11.7. The van der Waals surface area contributed by atoms with E-state index >= 15 is 0 Å². The summed E-state index contributed by atoms with van der Waals surface area (Å²) in [6, 6.07) is 0. The summed E-state index contributed by atoms with van der Waals surface area (Å²) in [5, 5.41) is 0. The number of nitrogens with two attached hydrogens (primary N) is 1. The summed E-state index contributed by atoms with van der Waals surface area (Å²) in [5.74, 6) is 0.0982. The highest BCUT2D eigenvalue weighted by Gasteiger charge is 2.20. The van der Waals surface area contributed by atoms with Gasteiger partial charge in [0.15, 0.2) is 0 Å². The Balaban J connectivity index is 2.22. The summed E-state index contributed by atoms with van der Waals surface area (Å²) in [4.78, 5) is 15.9. The van der Waals surface area contributed by atoms with Crippen LogP contribution >= 0.6 is 0 Å². The van der Waals surface area contributed by atoms with Gasteiger partial charge in [-0.3, -0.25) is 9.69 Å². The zero-order valence-electron chi connectivity index (χ0n) is 10.3. The topological polar surface area (TPSA) is 58.8 Å². The number of hydrogen-bond acceptors (Lipinski definition) is 4. The molecule has 2 N–H and O–H groups in total. The van der Waals surface area contributed by atoms with Gasteiger partial charge in [0.1, 0.15) is 6.61 Å². The summed E-state index contributed by atoms with van der Waals surface area (Å²) >= 11 is 0. The van der Waals surface area contributed by atoms with E-state index in [4.69, 9.17) is 10.5 Å². The minimum absolute atomic E-state index is 0.0982. The molecule has 1 amide bonds. The van der Waals surface area contributed by atoms with Gasteiger partial charge < -0.3 is 15.4 Å². The molecule has 0 atom stereocenters. The summed E-state index contributed by atoms with van der Waals surface area (Å²) in [7, 11) is 0. The number of nitrogens with zero attached hydrogens (tertiary/aromatic N) is 2. The zero-order chi connectivity index (χ0) is 12.0. The lowest BCUT2D eigenvalue weighted by atomic mass is 10.3. The molecular weight excluding hydrogens is 206 g/mol. The molecule has 0 bridgehead atoms. The van der Waals surface area contributed by atoms with E-state index in [1.165, 1.54) is 0 Å². The van der Waals surface area contributed by atoms with Crippen molar-refractivity contribution in [2.45, 2.75) is 20.0 Å². The predicted molar refractivity (Wildman–Crippen MR) is 63.2 cm³/mol. The molecule has 0 unspecified atom stereocenters. The Morgan fingerprint density at radius 3 is 2.44 bits per heavy atom. The second kappa shape index (κ2) is 6.83. The summed E-state index contributed by atoms with van der Waals surface area (Å²) in [5.41, 5.74) is 5.49. The largest absolute Gasteiger partial charge is 0.369 e. The lowest BCUT2D eigenvalue weighted by molar-refractivity contribution is -0.139. The molecule has 0 spiro atoms. The monoisotopic (exact) mass is 229 g/mol. The highest BCUT2D eigenvalue weighted by Crippen LogP contribution is 2.02. The Labute approximate surface area is 97.5 Å². The average Bonchev–Trinajstić information content (AvgIpc) is 2.27. The Bertz CT molecular complexity index is 213. The molecule has 0 radical (unpaired) electrons. The fourth-order valence-corrected chi connectivity index (χ4v) is 1.73. The van der Waals surface area contributed by atoms with E-state index in [0.717, 1.165) is 32.7 Å². The van der Waals surface area contributed by atoms with Crippen molar-refractivity contribution in [2.75, 3.05) is 45.9 Å². The number of hydrogen-bond donors (Lipinski definition) is 1. The van der Waals surface area contributed by atoms with Crippen LogP contribution in [0.3, 0.4) is 0 Å². The molecule has 94 valence electrons. The number of amides is 1. The van der Waals surface area contributed by atoms with Crippen molar-refractivity contribution in [3.05, 3.63) is 0 Å². The molecule has 5 nitrogen and oxygen atoms in total. The van der Waals surface area contributed by atoms with E-state index in [-0.39, 0.29) is 18.6 Å². The van der Waals surface area contributed by atoms with E-state index < -0.39 is 0 Å². The Hall–Kier alpha value is -0.650. The standard InChI is InChI=1S/C11H23N3O2/c1-10(2)16-9-11(15)14-7-5-13(4-3-12)6-8-14/h10H,3-9,12H2,1-2H3. The maximum absolute atomic E-state index is 11.7. The molecule has 16 heavy (non-hydrogen) atoms. The molecule has 1 saturated heterocycles. The summed E-state index contributed by atoms with van der Waals surface area (Å²) < 4.78 is 5.31. The fraction of sp³-hybridized carbons (Fsp3) is 0.909. The Morgan fingerprint density at radius 2 is 1.94 bits per heavy atom. The molecule has 0 aromatic heterocycles. The maximum Gasteiger partial charge on any atom is 0.248 e. The van der Waals surface area contributed by atoms with Gasteiger partial charge in [0.2, 0.25) is 5.91 Å². The quantitative estimate of drug-likeness (QED) is 0.691. The molecule has 1 rings (SSSR count). The van der Waals surface area contributed by atoms with Gasteiger partial charge in [-0.1, -0.05) is 0 Å². The minimum Gasteiger partial charge on any atom is -0.369 e. The first kappa shape index (κ1) is 13.4. The molecule has 0 aliphatic carbocycles. The van der Waals surface area contributed by atoms with Crippen molar-refractivity contribution in [1.29, 1.82) is 0 Å². The summed E-state index contributed by atoms with van der Waals surface area (Å²) in [6.07, 6.45) is 0.113. The van der Waals surface area contributed by atoms with E-state index in [0.29, 0.717) is 6.54 Å². The van der Waals surface area contributed by atoms with E-state index in [1.54, 1.807) is 0 Å². The first-order valence-electron chi connectivity index (χ1n) is 5.95. The number of carbonyl (C=O) groups is 1. The molecule has 1 aliphatic rings. The van der Waals surface area contributed by atoms with Crippen molar-refractivity contribution in [3.63, 3.8) is 0 Å². The number of rotatable bonds is 5. The minimum atomic E-state index is 0.0982. The average molecular weight is 229 g/mol. The Kier molecular flexibility index (Phi) is 5.73. The SMILES string of the molecule is CC(C)OCC(=O)N1CCN(CCN)CC1. The van der Waals surface area contributed by atoms with E-state index in [2.05, 4.69) is 4.90 Å². The first-order valence-corrected chi connectivity index (χ1v) is 5.95. The Morgan fingerprint density at radius 1 is 1.31 bits per heavy atom. The van der Waals surface area contributed by atoms with Gasteiger partial charge in [-0.25, -0.2) is 0 Å². The van der Waals surface area contributed by atoms with Crippen LogP contribution in [-0.4, -0.2) is 67.7 Å². The normalized spacial score (nSPS) is 18.1. The van der Waals surface area contributed by atoms with Crippen LogP contribution in [0.15, 0.2) is 0 Å². The third-order valence-corrected chi connectivity index (χ3v) is 2.71.